The van der Waals surface area contributed by atoms with E-state index >= 15 is 0 Å². The Balaban J connectivity index is 1.95. The number of benzene rings is 2. The van der Waals surface area contributed by atoms with Crippen molar-refractivity contribution >= 4 is 40.6 Å². The smallest absolute Gasteiger partial charge is 0.247 e. The lowest BCUT2D eigenvalue weighted by Gasteiger charge is -2.26. The van der Waals surface area contributed by atoms with Gasteiger partial charge in [0, 0.05) is 41.6 Å². The Labute approximate surface area is 238 Å². The van der Waals surface area contributed by atoms with E-state index in [0.717, 1.165) is 6.08 Å². The third-order valence-electron chi connectivity index (χ3n) is 5.97. The summed E-state index contributed by atoms with van der Waals surface area (Å²) in [7, 11) is 4.75. The summed E-state index contributed by atoms with van der Waals surface area (Å²) in [6.07, 6.45) is 2.40. The molecule has 11 nitrogen and oxygen atoms in total. The van der Waals surface area contributed by atoms with Gasteiger partial charge < -0.3 is 35.6 Å². The second-order valence-corrected chi connectivity index (χ2v) is 9.69. The average Bonchev–Trinajstić information content (AvgIpc) is 2.92. The monoisotopic (exact) mass is 555 g/mol. The van der Waals surface area contributed by atoms with E-state index in [2.05, 4.69) is 37.5 Å². The lowest BCUT2D eigenvalue weighted by molar-refractivity contribution is -0.111. The first kappa shape index (κ1) is 26.0. The van der Waals surface area contributed by atoms with Gasteiger partial charge in [-0.05, 0) is 64.6 Å². The predicted octanol–water partition coefficient (Wildman–Crippen LogP) is 4.16. The van der Waals surface area contributed by atoms with Gasteiger partial charge in [0.15, 0.2) is 0 Å². The number of hydrogen-bond acceptors (Lipinski definition) is 10. The van der Waals surface area contributed by atoms with Crippen LogP contribution in [0.2, 0.25) is 0 Å². The summed E-state index contributed by atoms with van der Waals surface area (Å²) < 4.78 is 42.6. The van der Waals surface area contributed by atoms with Crippen LogP contribution in [0.15, 0.2) is 43.2 Å². The summed E-state index contributed by atoms with van der Waals surface area (Å²) in [6.45, 7) is 6.53. The number of rotatable bonds is 12. The number of ether oxygens (including phenoxy) is 1. The zero-order chi connectivity index (χ0) is 32.1. The Morgan fingerprint density at radius 2 is 1.82 bits per heavy atom. The average molecular weight is 556 g/mol. The molecule has 4 N–H and O–H groups in total. The summed E-state index contributed by atoms with van der Waals surface area (Å²) in [5.41, 5.74) is 1.15. The highest BCUT2D eigenvalue weighted by atomic mass is 19.1. The molecule has 0 radical (unpaired) electrons. The molecular weight excluding hydrogens is 515 g/mol. The molecule has 0 atom stereocenters. The van der Waals surface area contributed by atoms with Crippen LogP contribution in [0.5, 0.6) is 5.75 Å². The quantitative estimate of drug-likeness (QED) is 0.242. The highest BCUT2D eigenvalue weighted by molar-refractivity contribution is 6.02. The molecule has 0 saturated heterocycles. The van der Waals surface area contributed by atoms with Gasteiger partial charge >= 0.3 is 0 Å². The van der Waals surface area contributed by atoms with Gasteiger partial charge in [-0.1, -0.05) is 6.58 Å². The first-order chi connectivity index (χ1) is 20.0. The zero-order valence-electron chi connectivity index (χ0n) is 26.5. The Morgan fingerprint density at radius 3 is 2.42 bits per heavy atom. The van der Waals surface area contributed by atoms with E-state index in [1.54, 1.807) is 50.9 Å². The van der Waals surface area contributed by atoms with Crippen molar-refractivity contribution in [3.63, 3.8) is 0 Å². The topological polar surface area (TPSA) is 128 Å². The maximum atomic E-state index is 14.3. The molecule has 3 aromatic rings. The largest absolute Gasteiger partial charge is 0.494 e. The number of aryl methyl sites for hydroxylation is 1. The number of aromatic nitrogens is 3. The molecule has 1 aromatic heterocycles. The maximum Gasteiger partial charge on any atom is 0.247 e. The van der Waals surface area contributed by atoms with Gasteiger partial charge in [-0.3, -0.25) is 4.79 Å². The van der Waals surface area contributed by atoms with Crippen molar-refractivity contribution in [2.24, 2.45) is 0 Å². The molecule has 0 aliphatic rings. The van der Waals surface area contributed by atoms with Crippen LogP contribution in [-0.2, 0) is 10.4 Å². The van der Waals surface area contributed by atoms with Gasteiger partial charge in [-0.2, -0.15) is 4.98 Å². The molecule has 1 amide bonds. The number of anilines is 6. The molecule has 40 heavy (non-hydrogen) atoms. The van der Waals surface area contributed by atoms with Crippen molar-refractivity contribution in [3.05, 3.63) is 60.2 Å². The number of halogens is 1. The lowest BCUT2D eigenvalue weighted by atomic mass is 9.95. The molecule has 2 aromatic carbocycles. The standard InChI is InChI=1S/C28H37FN8O3/c1-9-25(38)32-21-14-22(24(40-8)15-23(21)37(7)11-10-36(5)6)34-27-31-16-30-26(35-27)33-20-12-17(2)19(29)13-18(20)28(3,4)39/h9,12-16,39H,1,10-11H2,2-8H3,(H,32,38)(H2,30,31,33,34,35)/i5D3. The molecule has 1 heterocycles. The van der Waals surface area contributed by atoms with E-state index in [0.29, 0.717) is 46.2 Å². The number of nitrogens with one attached hydrogen (secondary N) is 3. The number of hydrogen-bond donors (Lipinski definition) is 4. The van der Waals surface area contributed by atoms with Crippen LogP contribution in [0.4, 0.5) is 39.0 Å². The molecule has 0 bridgehead atoms. The number of carbonyl (C=O) groups is 1. The fourth-order valence-electron chi connectivity index (χ4n) is 3.80. The minimum absolute atomic E-state index is 0.126. The zero-order valence-corrected chi connectivity index (χ0v) is 23.5. The number of nitrogens with zero attached hydrogens (tertiary/aromatic N) is 5. The second kappa shape index (κ2) is 12.7. The Hall–Kier alpha value is -4.29. The number of likely N-dealkylation sites (N-methyl/N-ethyl adjacent to an activating group) is 2. The van der Waals surface area contributed by atoms with Crippen molar-refractivity contribution < 1.29 is 23.1 Å². The number of aliphatic hydroxyl groups is 1. The molecule has 0 saturated carbocycles. The van der Waals surface area contributed by atoms with Crippen LogP contribution >= 0.6 is 0 Å². The van der Waals surface area contributed by atoms with Crippen LogP contribution in [0.1, 0.15) is 29.1 Å². The molecule has 0 aliphatic heterocycles. The highest BCUT2D eigenvalue weighted by Crippen LogP contribution is 2.38. The SMILES string of the molecule is [2H]C([2H])([2H])N(C)CCN(C)c1cc(OC)c(Nc2ncnc(Nc3cc(C)c(F)cc3C(C)(C)O)n2)cc1NC(=O)C=C. The van der Waals surface area contributed by atoms with Gasteiger partial charge in [-0.25, -0.2) is 14.4 Å². The van der Waals surface area contributed by atoms with E-state index in [1.807, 2.05) is 0 Å². The van der Waals surface area contributed by atoms with Crippen LogP contribution in [0.25, 0.3) is 0 Å². The van der Waals surface area contributed by atoms with Gasteiger partial charge in [0.2, 0.25) is 17.8 Å². The van der Waals surface area contributed by atoms with Gasteiger partial charge in [-0.15, -0.1) is 0 Å². The first-order valence-electron chi connectivity index (χ1n) is 13.9. The molecule has 3 rings (SSSR count). The fourth-order valence-corrected chi connectivity index (χ4v) is 3.80. The Morgan fingerprint density at radius 1 is 1.15 bits per heavy atom. The van der Waals surface area contributed by atoms with Crippen molar-refractivity contribution in [2.45, 2.75) is 26.4 Å². The van der Waals surface area contributed by atoms with Crippen LogP contribution < -0.4 is 25.6 Å². The molecule has 214 valence electrons. The van der Waals surface area contributed by atoms with E-state index in [9.17, 15) is 14.3 Å². The summed E-state index contributed by atoms with van der Waals surface area (Å²) in [5, 5.41) is 19.4. The third kappa shape index (κ3) is 7.64. The van der Waals surface area contributed by atoms with Crippen molar-refractivity contribution in [3.8, 4) is 5.75 Å². The van der Waals surface area contributed by atoms with E-state index in [4.69, 9.17) is 8.85 Å². The summed E-state index contributed by atoms with van der Waals surface area (Å²) in [5.74, 6) is -0.264. The number of carbonyl (C=O) groups excluding carboxylic acids is 1. The normalized spacial score (nSPS) is 12.7. The molecule has 12 heteroatoms. The molecule has 0 spiro atoms. The van der Waals surface area contributed by atoms with E-state index in [1.165, 1.54) is 31.5 Å². The molecule has 0 unspecified atom stereocenters. The lowest BCUT2D eigenvalue weighted by Crippen LogP contribution is -2.29. The number of methoxy groups -OCH3 is 1. The van der Waals surface area contributed by atoms with E-state index < -0.39 is 24.3 Å². The fraction of sp³-hybridized carbons (Fsp3) is 0.357. The maximum absolute atomic E-state index is 14.3. The third-order valence-corrected chi connectivity index (χ3v) is 5.97. The summed E-state index contributed by atoms with van der Waals surface area (Å²) in [4.78, 5) is 28.1. The molecular formula is C28H37FN8O3. The van der Waals surface area contributed by atoms with Gasteiger partial charge in [0.1, 0.15) is 17.9 Å². The first-order valence-corrected chi connectivity index (χ1v) is 12.4. The van der Waals surface area contributed by atoms with Crippen molar-refractivity contribution in [2.75, 3.05) is 62.1 Å². The number of amides is 1. The van der Waals surface area contributed by atoms with Crippen LogP contribution in [0.3, 0.4) is 0 Å². The Bertz CT molecular complexity index is 1480. The molecule has 0 fully saturated rings. The van der Waals surface area contributed by atoms with Crippen molar-refractivity contribution in [1.29, 1.82) is 0 Å². The second-order valence-electron chi connectivity index (χ2n) is 9.69. The predicted molar refractivity (Wildman–Crippen MR) is 156 cm³/mol. The summed E-state index contributed by atoms with van der Waals surface area (Å²) in [6, 6.07) is 6.14. The minimum Gasteiger partial charge on any atom is -0.494 e. The minimum atomic E-state index is -2.24. The van der Waals surface area contributed by atoms with Crippen molar-refractivity contribution in [1.82, 2.24) is 19.9 Å². The molecule has 0 aliphatic carbocycles. The van der Waals surface area contributed by atoms with Crippen LogP contribution in [0, 0.1) is 12.7 Å². The van der Waals surface area contributed by atoms with Gasteiger partial charge in [0.05, 0.1) is 29.8 Å². The van der Waals surface area contributed by atoms with E-state index in [-0.39, 0.29) is 18.4 Å². The summed E-state index contributed by atoms with van der Waals surface area (Å²) >= 11 is 0. The highest BCUT2D eigenvalue weighted by Gasteiger charge is 2.23. The Kier molecular flexibility index (Phi) is 8.25. The van der Waals surface area contributed by atoms with Gasteiger partial charge in [0.25, 0.3) is 0 Å². The van der Waals surface area contributed by atoms with Crippen LogP contribution in [-0.4, -0.2) is 72.1 Å².